The van der Waals surface area contributed by atoms with E-state index in [0.717, 1.165) is 29.0 Å². The minimum absolute atomic E-state index is 0.133. The summed E-state index contributed by atoms with van der Waals surface area (Å²) in [7, 11) is -3.32. The summed E-state index contributed by atoms with van der Waals surface area (Å²) < 4.78 is 27.8. The van der Waals surface area contributed by atoms with Crippen molar-refractivity contribution in [2.45, 2.75) is 63.0 Å². The second-order valence-corrected chi connectivity index (χ2v) is 13.3. The van der Waals surface area contributed by atoms with E-state index in [-0.39, 0.29) is 6.10 Å². The third-order valence-corrected chi connectivity index (χ3v) is 11.5. The van der Waals surface area contributed by atoms with Crippen LogP contribution in [0.3, 0.4) is 0 Å². The molecule has 1 saturated carbocycles. The highest BCUT2D eigenvalue weighted by Crippen LogP contribution is 2.55. The number of ether oxygens (including phenoxy) is 1. The van der Waals surface area contributed by atoms with E-state index in [1.54, 1.807) is 18.4 Å². The van der Waals surface area contributed by atoms with Gasteiger partial charge in [-0.05, 0) is 42.9 Å². The van der Waals surface area contributed by atoms with E-state index < -0.39 is 18.9 Å². The average molecular weight is 529 g/mol. The minimum Gasteiger partial charge on any atom is -0.467 e. The smallest absolute Gasteiger partial charge is 0.149 e. The lowest BCUT2D eigenvalue weighted by atomic mass is 9.83. The number of rotatable bonds is 11. The summed E-state index contributed by atoms with van der Waals surface area (Å²) in [6.07, 6.45) is 6.64. The normalized spacial score (nSPS) is 17.1. The van der Waals surface area contributed by atoms with Crippen LogP contribution in [-0.4, -0.2) is 16.9 Å². The van der Waals surface area contributed by atoms with Crippen LogP contribution in [0.2, 0.25) is 0 Å². The molecule has 1 N–H and O–H groups in total. The molecule has 38 heavy (non-hydrogen) atoms. The van der Waals surface area contributed by atoms with Crippen LogP contribution in [0.25, 0.3) is 0 Å². The molecule has 5 heteroatoms. The highest BCUT2D eigenvalue weighted by molar-refractivity contribution is 7.79. The van der Waals surface area contributed by atoms with E-state index in [1.807, 2.05) is 78.9 Å². The van der Waals surface area contributed by atoms with Crippen LogP contribution in [0.1, 0.15) is 56.0 Å². The van der Waals surface area contributed by atoms with E-state index in [1.165, 1.54) is 19.3 Å². The molecule has 0 radical (unpaired) electrons. The maximum absolute atomic E-state index is 15.5. The first-order chi connectivity index (χ1) is 18.7. The SMILES string of the molecule is O=P(c1ccccc1)(c1ccccc1)[C@H](C[C@@H](OCc1ccccc1)C1CCCCC1)[C@@H](O)c1ccco1. The summed E-state index contributed by atoms with van der Waals surface area (Å²) >= 11 is 0. The fraction of sp³-hybridized carbons (Fsp3) is 0.333. The van der Waals surface area contributed by atoms with Gasteiger partial charge in [0.15, 0.2) is 0 Å². The van der Waals surface area contributed by atoms with Gasteiger partial charge in [-0.15, -0.1) is 0 Å². The molecule has 0 amide bonds. The Labute approximate surface area is 226 Å². The molecule has 1 fully saturated rings. The highest BCUT2D eigenvalue weighted by atomic mass is 31.2. The van der Waals surface area contributed by atoms with Gasteiger partial charge in [0.2, 0.25) is 0 Å². The van der Waals surface area contributed by atoms with Crippen molar-refractivity contribution >= 4 is 17.8 Å². The molecule has 0 spiro atoms. The second-order valence-electron chi connectivity index (χ2n) is 10.3. The van der Waals surface area contributed by atoms with E-state index >= 15 is 4.57 Å². The third kappa shape index (κ3) is 6.04. The van der Waals surface area contributed by atoms with Crippen LogP contribution in [0.15, 0.2) is 114 Å². The largest absolute Gasteiger partial charge is 0.467 e. The molecule has 0 unspecified atom stereocenters. The molecule has 198 valence electrons. The predicted octanol–water partition coefficient (Wildman–Crippen LogP) is 7.25. The molecule has 0 saturated heterocycles. The molecule has 1 aliphatic rings. The Kier molecular flexibility index (Phi) is 8.96. The van der Waals surface area contributed by atoms with Gasteiger partial charge >= 0.3 is 0 Å². The van der Waals surface area contributed by atoms with Gasteiger partial charge < -0.3 is 18.8 Å². The number of hydrogen-bond donors (Lipinski definition) is 1. The van der Waals surface area contributed by atoms with Crippen molar-refractivity contribution in [1.29, 1.82) is 0 Å². The Balaban J connectivity index is 1.57. The summed E-state index contributed by atoms with van der Waals surface area (Å²) in [6.45, 7) is 0.493. The first-order valence-electron chi connectivity index (χ1n) is 13.7. The average Bonchev–Trinajstić information content (AvgIpc) is 3.54. The summed E-state index contributed by atoms with van der Waals surface area (Å²) in [5.41, 5.74) is 0.506. The Morgan fingerprint density at radius 1 is 0.789 bits per heavy atom. The van der Waals surface area contributed by atoms with Gasteiger partial charge in [0.1, 0.15) is 19.0 Å². The summed E-state index contributed by atoms with van der Waals surface area (Å²) in [4.78, 5) is 0. The molecular formula is C33H37O4P. The number of hydrogen-bond acceptors (Lipinski definition) is 4. The van der Waals surface area contributed by atoms with Crippen molar-refractivity contribution in [1.82, 2.24) is 0 Å². The van der Waals surface area contributed by atoms with Gasteiger partial charge in [0, 0.05) is 10.6 Å². The fourth-order valence-corrected chi connectivity index (χ4v) is 9.22. The lowest BCUT2D eigenvalue weighted by molar-refractivity contribution is -0.0230. The third-order valence-electron chi connectivity index (χ3n) is 7.90. The molecule has 5 rings (SSSR count). The standard InChI is InChI=1S/C33H37O4P/c34-33(30-22-13-23-36-30)32(38(35,28-18-9-3-10-19-28)29-20-11-4-12-21-29)24-31(27-16-7-2-8-17-27)37-25-26-14-5-1-6-15-26/h1,3-6,9-15,18-23,27,31-34H,2,7-8,16-17,24-25H2/t31-,32-,33+/m1/s1. The number of benzene rings is 3. The topological polar surface area (TPSA) is 59.7 Å². The number of furan rings is 1. The van der Waals surface area contributed by atoms with E-state index in [2.05, 4.69) is 12.1 Å². The van der Waals surface area contributed by atoms with Crippen molar-refractivity contribution in [3.05, 3.63) is 121 Å². The van der Waals surface area contributed by atoms with Gasteiger partial charge in [-0.2, -0.15) is 0 Å². The van der Waals surface area contributed by atoms with E-state index in [0.29, 0.717) is 24.7 Å². The second kappa shape index (κ2) is 12.8. The maximum atomic E-state index is 15.5. The van der Waals surface area contributed by atoms with Crippen molar-refractivity contribution < 1.29 is 18.8 Å². The van der Waals surface area contributed by atoms with Crippen molar-refractivity contribution in [3.63, 3.8) is 0 Å². The Hall–Kier alpha value is -2.91. The zero-order chi connectivity index (χ0) is 26.2. The molecule has 0 bridgehead atoms. The number of aliphatic hydroxyl groups is 1. The Morgan fingerprint density at radius 3 is 1.92 bits per heavy atom. The van der Waals surface area contributed by atoms with Crippen LogP contribution in [0.4, 0.5) is 0 Å². The Morgan fingerprint density at radius 2 is 1.37 bits per heavy atom. The highest BCUT2D eigenvalue weighted by Gasteiger charge is 2.45. The molecule has 0 aliphatic heterocycles. The molecule has 3 aromatic carbocycles. The van der Waals surface area contributed by atoms with Gasteiger partial charge in [-0.3, -0.25) is 0 Å². The number of aliphatic hydroxyl groups excluding tert-OH is 1. The zero-order valence-electron chi connectivity index (χ0n) is 21.8. The summed E-state index contributed by atoms with van der Waals surface area (Å²) in [5, 5.41) is 13.3. The van der Waals surface area contributed by atoms with Crippen molar-refractivity contribution in [2.24, 2.45) is 5.92 Å². The van der Waals surface area contributed by atoms with Gasteiger partial charge in [0.25, 0.3) is 0 Å². The first kappa shape index (κ1) is 26.7. The van der Waals surface area contributed by atoms with Crippen LogP contribution in [0, 0.1) is 5.92 Å². The molecule has 1 heterocycles. The van der Waals surface area contributed by atoms with Gasteiger partial charge in [-0.25, -0.2) is 0 Å². The first-order valence-corrected chi connectivity index (χ1v) is 15.5. The van der Waals surface area contributed by atoms with Crippen molar-refractivity contribution in [3.8, 4) is 0 Å². The fourth-order valence-electron chi connectivity index (χ4n) is 5.87. The van der Waals surface area contributed by atoms with Crippen LogP contribution in [0.5, 0.6) is 0 Å². The molecule has 1 aromatic heterocycles. The molecule has 4 nitrogen and oxygen atoms in total. The lowest BCUT2D eigenvalue weighted by Crippen LogP contribution is -2.37. The quantitative estimate of drug-likeness (QED) is 0.208. The van der Waals surface area contributed by atoms with Crippen LogP contribution in [-0.2, 0) is 15.9 Å². The van der Waals surface area contributed by atoms with E-state index in [9.17, 15) is 5.11 Å². The van der Waals surface area contributed by atoms with Crippen LogP contribution < -0.4 is 10.6 Å². The molecule has 3 atom stereocenters. The molecule has 4 aromatic rings. The predicted molar refractivity (Wildman–Crippen MR) is 153 cm³/mol. The summed E-state index contributed by atoms with van der Waals surface area (Å²) in [6, 6.07) is 33.0. The lowest BCUT2D eigenvalue weighted by Gasteiger charge is -2.37. The maximum Gasteiger partial charge on any atom is 0.149 e. The van der Waals surface area contributed by atoms with Gasteiger partial charge in [0.05, 0.1) is 24.6 Å². The minimum atomic E-state index is -3.32. The van der Waals surface area contributed by atoms with Gasteiger partial charge in [-0.1, -0.05) is 110 Å². The molecule has 1 aliphatic carbocycles. The summed E-state index contributed by atoms with van der Waals surface area (Å²) in [5.74, 6) is 0.798. The van der Waals surface area contributed by atoms with E-state index in [4.69, 9.17) is 9.15 Å². The zero-order valence-corrected chi connectivity index (χ0v) is 22.7. The molecular weight excluding hydrogens is 491 g/mol. The Bertz CT molecular complexity index is 1230. The monoisotopic (exact) mass is 528 g/mol. The van der Waals surface area contributed by atoms with Crippen LogP contribution >= 0.6 is 7.14 Å². The van der Waals surface area contributed by atoms with Crippen molar-refractivity contribution in [2.75, 3.05) is 0 Å².